The van der Waals surface area contributed by atoms with Crippen molar-refractivity contribution in [1.29, 1.82) is 0 Å². The molecule has 0 saturated heterocycles. The summed E-state index contributed by atoms with van der Waals surface area (Å²) in [5, 5.41) is 8.03. The van der Waals surface area contributed by atoms with Crippen LogP contribution >= 0.6 is 0 Å². The fraction of sp³-hybridized carbons (Fsp3) is 0.154. The summed E-state index contributed by atoms with van der Waals surface area (Å²) in [6.07, 6.45) is 1.90. The van der Waals surface area contributed by atoms with Crippen molar-refractivity contribution < 1.29 is 0 Å². The second-order valence-electron chi connectivity index (χ2n) is 3.88. The predicted molar refractivity (Wildman–Crippen MR) is 66.3 cm³/mol. The van der Waals surface area contributed by atoms with Crippen LogP contribution in [-0.4, -0.2) is 16.3 Å². The van der Waals surface area contributed by atoms with E-state index in [-0.39, 0.29) is 0 Å². The Hall–Kier alpha value is -1.87. The Morgan fingerprint density at radius 1 is 1.06 bits per heavy atom. The molecule has 0 unspecified atom stereocenters. The normalized spacial score (nSPS) is 11.3. The Bertz CT molecular complexity index is 640. The van der Waals surface area contributed by atoms with Gasteiger partial charge < -0.3 is 5.73 Å². The van der Waals surface area contributed by atoms with Gasteiger partial charge in [-0.05, 0) is 5.39 Å². The quantitative estimate of drug-likeness (QED) is 0.705. The summed E-state index contributed by atoms with van der Waals surface area (Å²) in [6.45, 7) is 1.37. The number of aromatic nitrogens is 2. The van der Waals surface area contributed by atoms with E-state index in [1.165, 1.54) is 21.7 Å². The van der Waals surface area contributed by atoms with Crippen LogP contribution in [0.3, 0.4) is 0 Å². The predicted octanol–water partition coefficient (Wildman–Crippen LogP) is 2.15. The fourth-order valence-corrected chi connectivity index (χ4v) is 2.15. The summed E-state index contributed by atoms with van der Waals surface area (Å²) >= 11 is 0. The number of benzene rings is 2. The second-order valence-corrected chi connectivity index (χ2v) is 3.88. The van der Waals surface area contributed by atoms with Gasteiger partial charge in [0, 0.05) is 17.3 Å². The van der Waals surface area contributed by atoms with Gasteiger partial charge in [-0.2, -0.15) is 5.10 Å². The van der Waals surface area contributed by atoms with Crippen molar-refractivity contribution in [1.82, 2.24) is 9.78 Å². The van der Waals surface area contributed by atoms with Crippen LogP contribution in [0.2, 0.25) is 0 Å². The lowest BCUT2D eigenvalue weighted by atomic mass is 10.1. The molecule has 0 radical (unpaired) electrons. The highest BCUT2D eigenvalue weighted by Crippen LogP contribution is 2.24. The molecular weight excluding hydrogens is 198 g/mol. The standard InChI is InChI=1S/C13H13N3/c14-7-8-16-13-11(9-15-16)6-5-10-3-1-2-4-12(10)13/h1-6,9H,7-8,14H2. The lowest BCUT2D eigenvalue weighted by molar-refractivity contribution is 0.647. The van der Waals surface area contributed by atoms with Crippen LogP contribution in [0.4, 0.5) is 0 Å². The average Bonchev–Trinajstić information content (AvgIpc) is 2.73. The third-order valence-electron chi connectivity index (χ3n) is 2.87. The zero-order valence-electron chi connectivity index (χ0n) is 8.93. The van der Waals surface area contributed by atoms with Crippen LogP contribution < -0.4 is 5.73 Å². The van der Waals surface area contributed by atoms with Crippen molar-refractivity contribution in [2.24, 2.45) is 5.73 Å². The molecule has 0 bridgehead atoms. The molecule has 1 aromatic heterocycles. The van der Waals surface area contributed by atoms with Gasteiger partial charge in [-0.1, -0.05) is 36.4 Å². The molecule has 3 aromatic rings. The van der Waals surface area contributed by atoms with Gasteiger partial charge in [0.25, 0.3) is 0 Å². The molecule has 0 aliphatic heterocycles. The molecule has 0 saturated carbocycles. The van der Waals surface area contributed by atoms with Gasteiger partial charge in [0.1, 0.15) is 0 Å². The summed E-state index contributed by atoms with van der Waals surface area (Å²) in [6, 6.07) is 12.6. The summed E-state index contributed by atoms with van der Waals surface area (Å²) in [7, 11) is 0. The van der Waals surface area contributed by atoms with Crippen molar-refractivity contribution in [3.8, 4) is 0 Å². The Balaban J connectivity index is 2.42. The first-order valence-electron chi connectivity index (χ1n) is 5.43. The number of fused-ring (bicyclic) bond motifs is 3. The van der Waals surface area contributed by atoms with Crippen molar-refractivity contribution >= 4 is 21.7 Å². The lowest BCUT2D eigenvalue weighted by Gasteiger charge is -2.04. The van der Waals surface area contributed by atoms with E-state index in [0.717, 1.165) is 6.54 Å². The topological polar surface area (TPSA) is 43.8 Å². The molecule has 3 rings (SSSR count). The van der Waals surface area contributed by atoms with E-state index >= 15 is 0 Å². The van der Waals surface area contributed by atoms with Crippen LogP contribution in [0.25, 0.3) is 21.7 Å². The minimum absolute atomic E-state index is 0.611. The maximum atomic E-state index is 5.59. The molecule has 0 amide bonds. The monoisotopic (exact) mass is 211 g/mol. The van der Waals surface area contributed by atoms with Crippen molar-refractivity contribution in [2.45, 2.75) is 6.54 Å². The van der Waals surface area contributed by atoms with Crippen LogP contribution in [0, 0.1) is 0 Å². The Labute approximate surface area is 93.5 Å². The maximum Gasteiger partial charge on any atom is 0.0761 e. The van der Waals surface area contributed by atoms with Gasteiger partial charge in [0.2, 0.25) is 0 Å². The minimum Gasteiger partial charge on any atom is -0.329 e. The minimum atomic E-state index is 0.611. The number of rotatable bonds is 2. The van der Waals surface area contributed by atoms with E-state index in [0.29, 0.717) is 6.54 Å². The largest absolute Gasteiger partial charge is 0.329 e. The highest BCUT2D eigenvalue weighted by Gasteiger charge is 2.05. The number of nitrogens with zero attached hydrogens (tertiary/aromatic N) is 2. The highest BCUT2D eigenvalue weighted by atomic mass is 15.3. The van der Waals surface area contributed by atoms with Gasteiger partial charge in [-0.3, -0.25) is 4.68 Å². The summed E-state index contributed by atoms with van der Waals surface area (Å²) in [4.78, 5) is 0. The van der Waals surface area contributed by atoms with Crippen molar-refractivity contribution in [3.05, 3.63) is 42.6 Å². The molecule has 0 atom stereocenters. The van der Waals surface area contributed by atoms with Crippen LogP contribution in [0.1, 0.15) is 0 Å². The first-order chi connectivity index (χ1) is 7.90. The average molecular weight is 211 g/mol. The molecule has 80 valence electrons. The van der Waals surface area contributed by atoms with Crippen LogP contribution in [-0.2, 0) is 6.54 Å². The van der Waals surface area contributed by atoms with Crippen molar-refractivity contribution in [3.63, 3.8) is 0 Å². The Morgan fingerprint density at radius 3 is 2.75 bits per heavy atom. The van der Waals surface area contributed by atoms with Gasteiger partial charge in [-0.25, -0.2) is 0 Å². The van der Waals surface area contributed by atoms with E-state index in [4.69, 9.17) is 5.73 Å². The van der Waals surface area contributed by atoms with E-state index in [9.17, 15) is 0 Å². The van der Waals surface area contributed by atoms with Gasteiger partial charge in [-0.15, -0.1) is 0 Å². The van der Waals surface area contributed by atoms with E-state index in [1.54, 1.807) is 0 Å². The fourth-order valence-electron chi connectivity index (χ4n) is 2.15. The molecule has 2 N–H and O–H groups in total. The number of hydrogen-bond acceptors (Lipinski definition) is 2. The molecule has 16 heavy (non-hydrogen) atoms. The molecule has 0 aliphatic rings. The van der Waals surface area contributed by atoms with Gasteiger partial charge in [0.15, 0.2) is 0 Å². The SMILES string of the molecule is NCCn1ncc2ccc3ccccc3c21. The highest BCUT2D eigenvalue weighted by molar-refractivity contribution is 6.05. The van der Waals surface area contributed by atoms with Crippen LogP contribution in [0.15, 0.2) is 42.6 Å². The second kappa shape index (κ2) is 3.61. The number of hydrogen-bond donors (Lipinski definition) is 1. The molecule has 0 spiro atoms. The molecule has 0 fully saturated rings. The summed E-state index contributed by atoms with van der Waals surface area (Å²) < 4.78 is 1.98. The van der Waals surface area contributed by atoms with Gasteiger partial charge in [0.05, 0.1) is 18.3 Å². The number of nitrogens with two attached hydrogens (primary N) is 1. The molecule has 0 aliphatic carbocycles. The molecule has 3 heteroatoms. The lowest BCUT2D eigenvalue weighted by Crippen LogP contribution is -2.10. The zero-order chi connectivity index (χ0) is 11.0. The first-order valence-corrected chi connectivity index (χ1v) is 5.43. The van der Waals surface area contributed by atoms with E-state index in [1.807, 2.05) is 10.9 Å². The third-order valence-corrected chi connectivity index (χ3v) is 2.87. The molecule has 3 nitrogen and oxygen atoms in total. The van der Waals surface area contributed by atoms with E-state index < -0.39 is 0 Å². The van der Waals surface area contributed by atoms with Gasteiger partial charge >= 0.3 is 0 Å². The Kier molecular flexibility index (Phi) is 2.11. The van der Waals surface area contributed by atoms with Crippen LogP contribution in [0.5, 0.6) is 0 Å². The van der Waals surface area contributed by atoms with E-state index in [2.05, 4.69) is 41.5 Å². The summed E-state index contributed by atoms with van der Waals surface area (Å²) in [5.41, 5.74) is 6.78. The molecule has 1 heterocycles. The zero-order valence-corrected chi connectivity index (χ0v) is 8.93. The Morgan fingerprint density at radius 2 is 1.88 bits per heavy atom. The first kappa shape index (κ1) is 9.36. The molecular formula is C13H13N3. The van der Waals surface area contributed by atoms with Crippen molar-refractivity contribution in [2.75, 3.05) is 6.54 Å². The third kappa shape index (κ3) is 1.29. The molecule has 2 aromatic carbocycles. The maximum absolute atomic E-state index is 5.59. The smallest absolute Gasteiger partial charge is 0.0761 e. The summed E-state index contributed by atoms with van der Waals surface area (Å²) in [5.74, 6) is 0.